The molecule has 1 aliphatic rings. The van der Waals surface area contributed by atoms with Gasteiger partial charge in [-0.05, 0) is 67.1 Å². The molecule has 2 N–H and O–H groups in total. The maximum atomic E-state index is 12.4. The summed E-state index contributed by atoms with van der Waals surface area (Å²) < 4.78 is 16.6. The highest BCUT2D eigenvalue weighted by atomic mass is 16.6. The number of hydrogen-bond donors (Lipinski definition) is 2. The maximum absolute atomic E-state index is 12.4. The van der Waals surface area contributed by atoms with Gasteiger partial charge in [0.25, 0.3) is 0 Å². The fourth-order valence-electron chi connectivity index (χ4n) is 4.48. The molecule has 0 saturated carbocycles. The molecule has 0 amide bonds. The molecule has 6 nitrogen and oxygen atoms in total. The van der Waals surface area contributed by atoms with Crippen LogP contribution in [0.15, 0.2) is 72.8 Å². The molecule has 3 aromatic rings. The quantitative estimate of drug-likeness (QED) is 0.347. The van der Waals surface area contributed by atoms with E-state index in [0.29, 0.717) is 6.42 Å². The molecule has 0 spiro atoms. The Hall–Kier alpha value is -3.19. The zero-order valence-electron chi connectivity index (χ0n) is 20.7. The molecule has 3 aromatic carbocycles. The van der Waals surface area contributed by atoms with Crippen LogP contribution in [0.4, 0.5) is 0 Å². The van der Waals surface area contributed by atoms with E-state index in [1.54, 1.807) is 0 Å². The molecule has 0 aliphatic heterocycles. The van der Waals surface area contributed by atoms with Gasteiger partial charge in [0.15, 0.2) is 0 Å². The second-order valence-corrected chi connectivity index (χ2v) is 9.72. The number of benzene rings is 3. The summed E-state index contributed by atoms with van der Waals surface area (Å²) in [5.41, 5.74) is 5.32. The van der Waals surface area contributed by atoms with Gasteiger partial charge in [0.2, 0.25) is 6.41 Å². The number of nitrogens with one attached hydrogen (secondary N) is 1. The molecule has 1 unspecified atom stereocenters. The zero-order chi connectivity index (χ0) is 25.0. The number of carbonyl (C=O) groups excluding carboxylic acids is 1. The predicted octanol–water partition coefficient (Wildman–Crippen LogP) is 4.64. The summed E-state index contributed by atoms with van der Waals surface area (Å²) in [5, 5.41) is 13.5. The number of methoxy groups -OCH3 is 1. The lowest BCUT2D eigenvalue weighted by Crippen LogP contribution is -2.46. The molecule has 0 fully saturated rings. The van der Waals surface area contributed by atoms with Crippen molar-refractivity contribution in [3.63, 3.8) is 0 Å². The van der Waals surface area contributed by atoms with Gasteiger partial charge in [0.05, 0.1) is 13.7 Å². The Kier molecular flexibility index (Phi) is 7.55. The molecule has 35 heavy (non-hydrogen) atoms. The van der Waals surface area contributed by atoms with Crippen LogP contribution in [0.5, 0.6) is 5.75 Å². The Labute approximate surface area is 206 Å². The van der Waals surface area contributed by atoms with Gasteiger partial charge >= 0.3 is 5.97 Å². The molecule has 0 saturated heterocycles. The summed E-state index contributed by atoms with van der Waals surface area (Å²) in [6.07, 6.45) is -1.000. The standard InChI is InChI=1S/C29H33NO5/c1-29(2,3)35-20-15-13-19(14-16-20)17-26(27(31)33-4)30-28(32)34-18-25-23-11-7-5-9-21(23)22-10-6-8-12-24(22)25/h5-16,25-26,28,30,32H,17-18H2,1-4H3/t26-,28?/m0/s1. The number of aliphatic hydroxyl groups excluding tert-OH is 1. The Balaban J connectivity index is 1.40. The van der Waals surface area contributed by atoms with Crippen molar-refractivity contribution in [2.75, 3.05) is 13.7 Å². The summed E-state index contributed by atoms with van der Waals surface area (Å²) in [5.74, 6) is 0.286. The minimum Gasteiger partial charge on any atom is -0.488 e. The molecular formula is C29H33NO5. The van der Waals surface area contributed by atoms with Crippen molar-refractivity contribution >= 4 is 5.97 Å². The molecule has 184 valence electrons. The fraction of sp³-hybridized carbons (Fsp3) is 0.345. The summed E-state index contributed by atoms with van der Waals surface area (Å²) >= 11 is 0. The van der Waals surface area contributed by atoms with E-state index in [2.05, 4.69) is 29.6 Å². The van der Waals surface area contributed by atoms with E-state index in [9.17, 15) is 9.90 Å². The van der Waals surface area contributed by atoms with E-state index in [4.69, 9.17) is 14.2 Å². The van der Waals surface area contributed by atoms with Crippen LogP contribution in [0.25, 0.3) is 11.1 Å². The van der Waals surface area contributed by atoms with Crippen molar-refractivity contribution < 1.29 is 24.1 Å². The van der Waals surface area contributed by atoms with Crippen molar-refractivity contribution in [2.45, 2.75) is 51.2 Å². The van der Waals surface area contributed by atoms with Gasteiger partial charge in [-0.25, -0.2) is 0 Å². The van der Waals surface area contributed by atoms with Crippen LogP contribution in [0.1, 0.15) is 43.4 Å². The molecule has 1 aliphatic carbocycles. The number of esters is 1. The smallest absolute Gasteiger partial charge is 0.323 e. The van der Waals surface area contributed by atoms with Gasteiger partial charge in [0.1, 0.15) is 17.4 Å². The SMILES string of the molecule is COC(=O)[C@H](Cc1ccc(OC(C)(C)C)cc1)NC(O)OCC1c2ccccc2-c2ccccc21. The van der Waals surface area contributed by atoms with Crippen LogP contribution in [0.3, 0.4) is 0 Å². The number of hydrogen-bond acceptors (Lipinski definition) is 6. The number of rotatable bonds is 9. The van der Waals surface area contributed by atoms with E-state index >= 15 is 0 Å². The molecular weight excluding hydrogens is 442 g/mol. The van der Waals surface area contributed by atoms with Crippen molar-refractivity contribution in [3.05, 3.63) is 89.5 Å². The Morgan fingerprint density at radius 3 is 2.06 bits per heavy atom. The van der Waals surface area contributed by atoms with E-state index in [-0.39, 0.29) is 18.1 Å². The number of fused-ring (bicyclic) bond motifs is 3. The van der Waals surface area contributed by atoms with Gasteiger partial charge in [-0.15, -0.1) is 0 Å². The summed E-state index contributed by atoms with van der Waals surface area (Å²) in [4.78, 5) is 12.4. The van der Waals surface area contributed by atoms with Crippen LogP contribution in [-0.4, -0.2) is 42.8 Å². The molecule has 0 aromatic heterocycles. The van der Waals surface area contributed by atoms with E-state index < -0.39 is 18.4 Å². The second-order valence-electron chi connectivity index (χ2n) is 9.72. The summed E-state index contributed by atoms with van der Waals surface area (Å²) in [6.45, 7) is 6.24. The first-order valence-electron chi connectivity index (χ1n) is 11.8. The monoisotopic (exact) mass is 475 g/mol. The van der Waals surface area contributed by atoms with E-state index in [0.717, 1.165) is 11.3 Å². The van der Waals surface area contributed by atoms with Crippen LogP contribution in [-0.2, 0) is 20.7 Å². The molecule has 2 atom stereocenters. The Morgan fingerprint density at radius 1 is 0.943 bits per heavy atom. The Bertz CT molecular complexity index is 1110. The molecule has 0 radical (unpaired) electrons. The lowest BCUT2D eigenvalue weighted by atomic mass is 9.98. The topological polar surface area (TPSA) is 77.0 Å². The van der Waals surface area contributed by atoms with Crippen molar-refractivity contribution in [1.82, 2.24) is 5.32 Å². The zero-order valence-corrected chi connectivity index (χ0v) is 20.7. The normalized spacial score (nSPS) is 14.7. The Morgan fingerprint density at radius 2 is 1.51 bits per heavy atom. The first-order chi connectivity index (χ1) is 16.7. The third-order valence-corrected chi connectivity index (χ3v) is 6.00. The maximum Gasteiger partial charge on any atom is 0.323 e. The van der Waals surface area contributed by atoms with Gasteiger partial charge in [-0.1, -0.05) is 60.7 Å². The third-order valence-electron chi connectivity index (χ3n) is 6.00. The van der Waals surface area contributed by atoms with Gasteiger partial charge < -0.3 is 19.3 Å². The van der Waals surface area contributed by atoms with Crippen LogP contribution >= 0.6 is 0 Å². The largest absolute Gasteiger partial charge is 0.488 e. The lowest BCUT2D eigenvalue weighted by Gasteiger charge is -2.23. The lowest BCUT2D eigenvalue weighted by molar-refractivity contribution is -0.155. The number of ether oxygens (including phenoxy) is 3. The van der Waals surface area contributed by atoms with Gasteiger partial charge in [-0.3, -0.25) is 10.1 Å². The minimum atomic E-state index is -1.33. The van der Waals surface area contributed by atoms with Crippen molar-refractivity contribution in [3.8, 4) is 16.9 Å². The van der Waals surface area contributed by atoms with Crippen LogP contribution in [0.2, 0.25) is 0 Å². The molecule has 4 rings (SSSR count). The van der Waals surface area contributed by atoms with Crippen LogP contribution in [0, 0.1) is 0 Å². The van der Waals surface area contributed by atoms with Crippen LogP contribution < -0.4 is 10.1 Å². The average Bonchev–Trinajstić information content (AvgIpc) is 3.16. The van der Waals surface area contributed by atoms with Gasteiger partial charge in [-0.2, -0.15) is 0 Å². The summed E-state index contributed by atoms with van der Waals surface area (Å²) in [7, 11) is 1.33. The average molecular weight is 476 g/mol. The fourth-order valence-corrected chi connectivity index (χ4v) is 4.48. The summed E-state index contributed by atoms with van der Waals surface area (Å²) in [6, 6.07) is 23.2. The molecule has 0 heterocycles. The van der Waals surface area contributed by atoms with Gasteiger partial charge in [0, 0.05) is 5.92 Å². The van der Waals surface area contributed by atoms with Crippen molar-refractivity contribution in [2.24, 2.45) is 0 Å². The van der Waals surface area contributed by atoms with E-state index in [1.165, 1.54) is 29.4 Å². The number of carbonyl (C=O) groups is 1. The first-order valence-corrected chi connectivity index (χ1v) is 11.8. The second kappa shape index (κ2) is 10.6. The third kappa shape index (κ3) is 6.09. The minimum absolute atomic E-state index is 0.00536. The van der Waals surface area contributed by atoms with Crippen molar-refractivity contribution in [1.29, 1.82) is 0 Å². The molecule has 6 heteroatoms. The highest BCUT2D eigenvalue weighted by Gasteiger charge is 2.29. The molecule has 0 bridgehead atoms. The highest BCUT2D eigenvalue weighted by Crippen LogP contribution is 2.44. The van der Waals surface area contributed by atoms with E-state index in [1.807, 2.05) is 69.3 Å². The predicted molar refractivity (Wildman–Crippen MR) is 135 cm³/mol. The highest BCUT2D eigenvalue weighted by molar-refractivity contribution is 5.78. The number of aliphatic hydroxyl groups is 1. The first kappa shape index (κ1) is 24.9.